The van der Waals surface area contributed by atoms with Crippen LogP contribution in [-0.2, 0) is 10.3 Å². The zero-order valence-electron chi connectivity index (χ0n) is 20.7. The van der Waals surface area contributed by atoms with Gasteiger partial charge in [-0.25, -0.2) is 0 Å². The molecule has 2 atom stereocenters. The third-order valence-corrected chi connectivity index (χ3v) is 10.1. The quantitative estimate of drug-likeness (QED) is 0.661. The number of likely N-dealkylation sites (N-methyl/N-ethyl adjacent to an activating group) is 1. The van der Waals surface area contributed by atoms with Gasteiger partial charge in [0.25, 0.3) is 0 Å². The molecule has 0 saturated heterocycles. The van der Waals surface area contributed by atoms with Gasteiger partial charge < -0.3 is 5.11 Å². The smallest absolute Gasteiger partial charge is 0.189 e. The molecule has 1 aliphatic rings. The molecular formula is C25H40ClNO2. The van der Waals surface area contributed by atoms with Crippen molar-refractivity contribution in [2.24, 2.45) is 16.2 Å². The van der Waals surface area contributed by atoms with Gasteiger partial charge in [-0.15, -0.1) is 0 Å². The zero-order valence-corrected chi connectivity index (χ0v) is 21.4. The van der Waals surface area contributed by atoms with Gasteiger partial charge in [-0.2, -0.15) is 0 Å². The second-order valence-electron chi connectivity index (χ2n) is 11.1. The first kappa shape index (κ1) is 24.4. The molecule has 0 radical (unpaired) electrons. The summed E-state index contributed by atoms with van der Waals surface area (Å²) in [6.45, 7) is 22.6. The average Bonchev–Trinajstić information content (AvgIpc) is 2.59. The molecule has 1 aromatic rings. The highest BCUT2D eigenvalue weighted by Gasteiger charge is 2.75. The van der Waals surface area contributed by atoms with E-state index in [1.807, 2.05) is 39.8 Å². The van der Waals surface area contributed by atoms with Crippen molar-refractivity contribution in [3.8, 4) is 0 Å². The number of Topliss-reactive ketones (excluding diaryl/α,β-unsaturated/α-hetero) is 1. The fourth-order valence-corrected chi connectivity index (χ4v) is 6.29. The van der Waals surface area contributed by atoms with Crippen LogP contribution in [0.3, 0.4) is 0 Å². The standard InChI is InChI=1S/C25H40ClNO2/c1-14-15(2)17(4)19(26)18(16(14)3)25(27(12)13)20(28)24(11,29)22(7,8)21(5,6)23(25,9)10/h29H,1-13H3. The van der Waals surface area contributed by atoms with Crippen molar-refractivity contribution in [3.05, 3.63) is 32.8 Å². The van der Waals surface area contributed by atoms with Gasteiger partial charge in [0.2, 0.25) is 0 Å². The highest BCUT2D eigenvalue weighted by molar-refractivity contribution is 6.33. The van der Waals surface area contributed by atoms with Crippen molar-refractivity contribution >= 4 is 17.4 Å². The molecule has 0 aromatic heterocycles. The first-order chi connectivity index (χ1) is 12.8. The highest BCUT2D eigenvalue weighted by atomic mass is 35.5. The summed E-state index contributed by atoms with van der Waals surface area (Å²) in [5.41, 5.74) is 0.971. The summed E-state index contributed by atoms with van der Waals surface area (Å²) in [7, 11) is 3.87. The molecule has 4 heteroatoms. The Morgan fingerprint density at radius 1 is 0.724 bits per heavy atom. The van der Waals surface area contributed by atoms with Gasteiger partial charge in [0.05, 0.1) is 0 Å². The summed E-state index contributed by atoms with van der Waals surface area (Å²) in [4.78, 5) is 16.4. The lowest BCUT2D eigenvalue weighted by Gasteiger charge is -2.70. The zero-order chi connectivity index (χ0) is 23.1. The Balaban J connectivity index is 3.21. The van der Waals surface area contributed by atoms with Crippen molar-refractivity contribution in [1.82, 2.24) is 4.90 Å². The number of hydrogen-bond donors (Lipinski definition) is 1. The van der Waals surface area contributed by atoms with E-state index in [0.717, 1.165) is 27.8 Å². The molecule has 29 heavy (non-hydrogen) atoms. The molecule has 2 rings (SSSR count). The summed E-state index contributed by atoms with van der Waals surface area (Å²) in [5.74, 6) is -0.183. The van der Waals surface area contributed by atoms with Crippen LogP contribution in [0, 0.1) is 43.9 Å². The molecule has 1 saturated carbocycles. The van der Waals surface area contributed by atoms with E-state index in [9.17, 15) is 9.90 Å². The lowest BCUT2D eigenvalue weighted by Crippen LogP contribution is -2.78. The maximum Gasteiger partial charge on any atom is 0.189 e. The minimum absolute atomic E-state index is 0.183. The normalized spacial score (nSPS) is 30.7. The number of carbonyl (C=O) groups excluding carboxylic acids is 1. The van der Waals surface area contributed by atoms with E-state index >= 15 is 0 Å². The van der Waals surface area contributed by atoms with Crippen LogP contribution in [-0.4, -0.2) is 35.5 Å². The molecule has 2 unspecified atom stereocenters. The van der Waals surface area contributed by atoms with Crippen molar-refractivity contribution in [2.75, 3.05) is 14.1 Å². The lowest BCUT2D eigenvalue weighted by atomic mass is 9.37. The van der Waals surface area contributed by atoms with Crippen LogP contribution < -0.4 is 0 Å². The summed E-state index contributed by atoms with van der Waals surface area (Å²) in [6.07, 6.45) is 0. The number of carbonyl (C=O) groups is 1. The summed E-state index contributed by atoms with van der Waals surface area (Å²) in [6, 6.07) is 0. The summed E-state index contributed by atoms with van der Waals surface area (Å²) < 4.78 is 0. The predicted octanol–water partition coefficient (Wildman–Crippen LogP) is 5.74. The minimum Gasteiger partial charge on any atom is -0.382 e. The van der Waals surface area contributed by atoms with Crippen LogP contribution in [0.2, 0.25) is 5.02 Å². The second kappa shape index (κ2) is 6.55. The Hall–Kier alpha value is -0.900. The maximum atomic E-state index is 14.4. The lowest BCUT2D eigenvalue weighted by molar-refractivity contribution is -0.238. The Bertz CT molecular complexity index is 848. The van der Waals surface area contributed by atoms with Gasteiger partial charge in [0.15, 0.2) is 5.78 Å². The van der Waals surface area contributed by atoms with Crippen molar-refractivity contribution in [3.63, 3.8) is 0 Å². The van der Waals surface area contributed by atoms with Crippen LogP contribution in [0.1, 0.15) is 76.3 Å². The van der Waals surface area contributed by atoms with E-state index in [1.165, 1.54) is 0 Å². The third-order valence-electron chi connectivity index (χ3n) is 9.66. The van der Waals surface area contributed by atoms with Gasteiger partial charge in [-0.1, -0.05) is 53.1 Å². The Kier molecular flexibility index (Phi) is 5.50. The van der Waals surface area contributed by atoms with Gasteiger partial charge in [-0.05, 0) is 76.4 Å². The number of nitrogens with zero attached hydrogens (tertiary/aromatic N) is 1. The van der Waals surface area contributed by atoms with Crippen LogP contribution in [0.15, 0.2) is 0 Å². The van der Waals surface area contributed by atoms with Crippen LogP contribution in [0.5, 0.6) is 0 Å². The van der Waals surface area contributed by atoms with Gasteiger partial charge in [0.1, 0.15) is 11.1 Å². The molecule has 0 amide bonds. The number of halogens is 1. The number of aliphatic hydroxyl groups is 1. The molecule has 1 aliphatic carbocycles. The maximum absolute atomic E-state index is 14.4. The molecular weight excluding hydrogens is 382 g/mol. The second-order valence-corrected chi connectivity index (χ2v) is 11.4. The number of benzene rings is 1. The van der Waals surface area contributed by atoms with E-state index in [2.05, 4.69) is 48.5 Å². The third kappa shape index (κ3) is 2.47. The largest absolute Gasteiger partial charge is 0.382 e. The Morgan fingerprint density at radius 3 is 1.55 bits per heavy atom. The molecule has 164 valence electrons. The van der Waals surface area contributed by atoms with E-state index in [4.69, 9.17) is 11.6 Å². The molecule has 3 nitrogen and oxygen atoms in total. The molecule has 0 bridgehead atoms. The Labute approximate surface area is 182 Å². The molecule has 1 N–H and O–H groups in total. The van der Waals surface area contributed by atoms with E-state index in [-0.39, 0.29) is 5.78 Å². The number of ketones is 1. The van der Waals surface area contributed by atoms with Crippen molar-refractivity contribution in [1.29, 1.82) is 0 Å². The first-order valence-electron chi connectivity index (χ1n) is 10.5. The van der Waals surface area contributed by atoms with Crippen LogP contribution in [0.4, 0.5) is 0 Å². The van der Waals surface area contributed by atoms with Crippen LogP contribution in [0.25, 0.3) is 0 Å². The van der Waals surface area contributed by atoms with Gasteiger partial charge >= 0.3 is 0 Å². The minimum atomic E-state index is -1.53. The number of hydrogen-bond acceptors (Lipinski definition) is 3. The topological polar surface area (TPSA) is 40.5 Å². The molecule has 1 fully saturated rings. The molecule has 0 aliphatic heterocycles. The molecule has 0 spiro atoms. The van der Waals surface area contributed by atoms with Gasteiger partial charge in [0, 0.05) is 21.4 Å². The highest BCUT2D eigenvalue weighted by Crippen LogP contribution is 2.69. The fourth-order valence-electron chi connectivity index (χ4n) is 5.87. The van der Waals surface area contributed by atoms with Crippen molar-refractivity contribution in [2.45, 2.75) is 87.3 Å². The monoisotopic (exact) mass is 421 g/mol. The van der Waals surface area contributed by atoms with Gasteiger partial charge in [-0.3, -0.25) is 9.69 Å². The number of rotatable bonds is 2. The Morgan fingerprint density at radius 2 is 1.14 bits per heavy atom. The average molecular weight is 422 g/mol. The fraction of sp³-hybridized carbons (Fsp3) is 0.720. The summed E-state index contributed by atoms with van der Waals surface area (Å²) in [5, 5.41) is 12.4. The van der Waals surface area contributed by atoms with Crippen molar-refractivity contribution < 1.29 is 9.90 Å². The first-order valence-corrected chi connectivity index (χ1v) is 10.9. The summed E-state index contributed by atoms with van der Waals surface area (Å²) >= 11 is 7.03. The van der Waals surface area contributed by atoms with E-state index in [0.29, 0.717) is 5.02 Å². The molecule has 0 heterocycles. The van der Waals surface area contributed by atoms with E-state index in [1.54, 1.807) is 6.92 Å². The predicted molar refractivity (Wildman–Crippen MR) is 123 cm³/mol. The van der Waals surface area contributed by atoms with Crippen LogP contribution >= 0.6 is 11.6 Å². The molecule has 1 aromatic carbocycles. The SMILES string of the molecule is Cc1c(C)c(C)c(C2(N(C)C)C(=O)C(C)(O)C(C)(C)C(C)(C)C2(C)C)c(Cl)c1C. The van der Waals surface area contributed by atoms with E-state index < -0.39 is 27.4 Å².